The summed E-state index contributed by atoms with van der Waals surface area (Å²) in [6.45, 7) is 2.91. The average Bonchev–Trinajstić information content (AvgIpc) is 2.75. The van der Waals surface area contributed by atoms with Gasteiger partial charge in [0.25, 0.3) is 0 Å². The predicted octanol–water partition coefficient (Wildman–Crippen LogP) is 3.26. The van der Waals surface area contributed by atoms with Gasteiger partial charge in [0, 0.05) is 6.20 Å². The van der Waals surface area contributed by atoms with Crippen LogP contribution in [0.5, 0.6) is 0 Å². The number of rotatable bonds is 2. The third-order valence-electron chi connectivity index (χ3n) is 2.74. The standard InChI is InChI=1S/C13H12F4N2O/c1-12(2,20)10-6-7-19(18-10)9-5-3-4-8(14)11(9)13(15,16)17/h3-7,20H,1-2H3. The van der Waals surface area contributed by atoms with Gasteiger partial charge in [0.15, 0.2) is 0 Å². The summed E-state index contributed by atoms with van der Waals surface area (Å²) < 4.78 is 53.1. The van der Waals surface area contributed by atoms with Gasteiger partial charge in [0.1, 0.15) is 17.0 Å². The van der Waals surface area contributed by atoms with Gasteiger partial charge in [-0.3, -0.25) is 0 Å². The summed E-state index contributed by atoms with van der Waals surface area (Å²) in [5.41, 5.74) is -2.91. The van der Waals surface area contributed by atoms with Crippen LogP contribution < -0.4 is 0 Å². The van der Waals surface area contributed by atoms with Gasteiger partial charge in [-0.1, -0.05) is 6.07 Å². The molecule has 20 heavy (non-hydrogen) atoms. The normalized spacial score (nSPS) is 12.8. The summed E-state index contributed by atoms with van der Waals surface area (Å²) >= 11 is 0. The number of benzene rings is 1. The van der Waals surface area contributed by atoms with E-state index in [4.69, 9.17) is 0 Å². The zero-order valence-corrected chi connectivity index (χ0v) is 10.7. The molecule has 0 fully saturated rings. The van der Waals surface area contributed by atoms with E-state index in [1.165, 1.54) is 32.2 Å². The predicted molar refractivity (Wildman–Crippen MR) is 63.8 cm³/mol. The van der Waals surface area contributed by atoms with E-state index < -0.39 is 28.8 Å². The smallest absolute Gasteiger partial charge is 0.384 e. The van der Waals surface area contributed by atoms with E-state index in [2.05, 4.69) is 5.10 Å². The fourth-order valence-electron chi connectivity index (χ4n) is 1.77. The number of alkyl halides is 3. The van der Waals surface area contributed by atoms with Gasteiger partial charge < -0.3 is 5.11 Å². The van der Waals surface area contributed by atoms with Crippen LogP contribution in [0.15, 0.2) is 30.5 Å². The van der Waals surface area contributed by atoms with E-state index in [0.717, 1.165) is 16.8 Å². The van der Waals surface area contributed by atoms with Gasteiger partial charge in [0.05, 0.1) is 11.4 Å². The van der Waals surface area contributed by atoms with Gasteiger partial charge in [0.2, 0.25) is 0 Å². The third-order valence-corrected chi connectivity index (χ3v) is 2.74. The molecule has 1 aromatic heterocycles. The fourth-order valence-corrected chi connectivity index (χ4v) is 1.77. The highest BCUT2D eigenvalue weighted by molar-refractivity contribution is 5.43. The topological polar surface area (TPSA) is 38.0 Å². The highest BCUT2D eigenvalue weighted by Crippen LogP contribution is 2.35. The van der Waals surface area contributed by atoms with Crippen molar-refractivity contribution in [3.05, 3.63) is 47.5 Å². The Morgan fingerprint density at radius 2 is 1.80 bits per heavy atom. The van der Waals surface area contributed by atoms with Crippen LogP contribution in [-0.2, 0) is 11.8 Å². The Labute approximate surface area is 112 Å². The molecule has 0 unspecified atom stereocenters. The number of aliphatic hydroxyl groups is 1. The molecule has 0 aliphatic carbocycles. The lowest BCUT2D eigenvalue weighted by molar-refractivity contribution is -0.139. The molecule has 108 valence electrons. The van der Waals surface area contributed by atoms with E-state index in [-0.39, 0.29) is 5.69 Å². The van der Waals surface area contributed by atoms with Crippen molar-refractivity contribution >= 4 is 0 Å². The molecule has 0 bridgehead atoms. The van der Waals surface area contributed by atoms with Crippen LogP contribution in [0.4, 0.5) is 17.6 Å². The molecule has 0 atom stereocenters. The third kappa shape index (κ3) is 2.67. The van der Waals surface area contributed by atoms with Gasteiger partial charge in [-0.25, -0.2) is 9.07 Å². The molecule has 3 nitrogen and oxygen atoms in total. The van der Waals surface area contributed by atoms with E-state index in [1.54, 1.807) is 0 Å². The SMILES string of the molecule is CC(C)(O)c1ccn(-c2cccc(F)c2C(F)(F)F)n1. The van der Waals surface area contributed by atoms with E-state index >= 15 is 0 Å². The van der Waals surface area contributed by atoms with Crippen LogP contribution in [0, 0.1) is 5.82 Å². The second-order valence-corrected chi connectivity index (χ2v) is 4.84. The second-order valence-electron chi connectivity index (χ2n) is 4.84. The lowest BCUT2D eigenvalue weighted by Crippen LogP contribution is -2.18. The first kappa shape index (κ1) is 14.5. The monoisotopic (exact) mass is 288 g/mol. The van der Waals surface area contributed by atoms with Crippen LogP contribution >= 0.6 is 0 Å². The van der Waals surface area contributed by atoms with Gasteiger partial charge in [-0.05, 0) is 32.0 Å². The molecule has 0 saturated carbocycles. The first-order valence-electron chi connectivity index (χ1n) is 5.75. The maximum Gasteiger partial charge on any atom is 0.421 e. The zero-order valence-electron chi connectivity index (χ0n) is 10.7. The number of hydrogen-bond acceptors (Lipinski definition) is 2. The molecular formula is C13H12F4N2O. The lowest BCUT2D eigenvalue weighted by atomic mass is 10.1. The van der Waals surface area contributed by atoms with Crippen molar-refractivity contribution in [1.82, 2.24) is 9.78 Å². The molecule has 2 rings (SSSR count). The van der Waals surface area contributed by atoms with Crippen molar-refractivity contribution < 1.29 is 22.7 Å². The van der Waals surface area contributed by atoms with Crippen LogP contribution in [0.3, 0.4) is 0 Å². The minimum absolute atomic E-state index is 0.190. The molecule has 0 saturated heterocycles. The summed E-state index contributed by atoms with van der Waals surface area (Å²) in [5.74, 6) is -1.37. The molecule has 0 spiro atoms. The van der Waals surface area contributed by atoms with Crippen molar-refractivity contribution in [2.75, 3.05) is 0 Å². The Morgan fingerprint density at radius 3 is 2.30 bits per heavy atom. The summed E-state index contributed by atoms with van der Waals surface area (Å²) in [6.07, 6.45) is -3.58. The molecule has 1 heterocycles. The molecule has 1 aromatic carbocycles. The van der Waals surface area contributed by atoms with Crippen LogP contribution in [0.2, 0.25) is 0 Å². The van der Waals surface area contributed by atoms with E-state index in [9.17, 15) is 22.7 Å². The minimum Gasteiger partial charge on any atom is -0.384 e. The Morgan fingerprint density at radius 1 is 1.15 bits per heavy atom. The molecule has 7 heteroatoms. The largest absolute Gasteiger partial charge is 0.421 e. The summed E-state index contributed by atoms with van der Waals surface area (Å²) in [7, 11) is 0. The Bertz CT molecular complexity index is 626. The minimum atomic E-state index is -4.83. The number of halogens is 4. The van der Waals surface area contributed by atoms with Gasteiger partial charge >= 0.3 is 6.18 Å². The number of aromatic nitrogens is 2. The Balaban J connectivity index is 2.59. The number of hydrogen-bond donors (Lipinski definition) is 1. The maximum absolute atomic E-state index is 13.5. The maximum atomic E-state index is 13.5. The summed E-state index contributed by atoms with van der Waals surface area (Å²) in [4.78, 5) is 0. The molecule has 0 aliphatic rings. The molecule has 0 radical (unpaired) electrons. The zero-order chi connectivity index (χ0) is 15.1. The van der Waals surface area contributed by atoms with Crippen molar-refractivity contribution in [3.8, 4) is 5.69 Å². The van der Waals surface area contributed by atoms with Gasteiger partial charge in [-0.15, -0.1) is 0 Å². The molecule has 0 aliphatic heterocycles. The Kier molecular flexibility index (Phi) is 3.33. The van der Waals surface area contributed by atoms with E-state index in [0.29, 0.717) is 0 Å². The van der Waals surface area contributed by atoms with Crippen molar-refractivity contribution in [3.63, 3.8) is 0 Å². The van der Waals surface area contributed by atoms with Crippen LogP contribution in [-0.4, -0.2) is 14.9 Å². The fraction of sp³-hybridized carbons (Fsp3) is 0.308. The molecular weight excluding hydrogens is 276 g/mol. The number of nitrogens with zero attached hydrogens (tertiary/aromatic N) is 2. The van der Waals surface area contributed by atoms with Crippen molar-refractivity contribution in [2.45, 2.75) is 25.6 Å². The summed E-state index contributed by atoms with van der Waals surface area (Å²) in [6, 6.07) is 4.41. The Hall–Kier alpha value is -1.89. The van der Waals surface area contributed by atoms with E-state index in [1.807, 2.05) is 0 Å². The molecule has 0 amide bonds. The quantitative estimate of drug-likeness (QED) is 0.861. The van der Waals surface area contributed by atoms with Gasteiger partial charge in [-0.2, -0.15) is 18.3 Å². The van der Waals surface area contributed by atoms with Crippen LogP contribution in [0.25, 0.3) is 5.69 Å². The molecule has 2 aromatic rings. The van der Waals surface area contributed by atoms with Crippen molar-refractivity contribution in [2.24, 2.45) is 0 Å². The van der Waals surface area contributed by atoms with Crippen molar-refractivity contribution in [1.29, 1.82) is 0 Å². The van der Waals surface area contributed by atoms with Crippen LogP contribution in [0.1, 0.15) is 25.1 Å². The molecule has 1 N–H and O–H groups in total. The first-order valence-corrected chi connectivity index (χ1v) is 5.75. The second kappa shape index (κ2) is 4.59. The summed E-state index contributed by atoms with van der Waals surface area (Å²) in [5, 5.41) is 13.6. The first-order chi connectivity index (χ1) is 9.10. The lowest BCUT2D eigenvalue weighted by Gasteiger charge is -2.15. The highest BCUT2D eigenvalue weighted by atomic mass is 19.4. The highest BCUT2D eigenvalue weighted by Gasteiger charge is 2.37. The average molecular weight is 288 g/mol.